The van der Waals surface area contributed by atoms with Gasteiger partial charge >= 0.3 is 0 Å². The Labute approximate surface area is 117 Å². The summed E-state index contributed by atoms with van der Waals surface area (Å²) in [7, 11) is 0. The number of hydrogen-bond acceptors (Lipinski definition) is 2. The van der Waals surface area contributed by atoms with E-state index in [2.05, 4.69) is 30.1 Å². The molecule has 3 heteroatoms. The van der Waals surface area contributed by atoms with Crippen LogP contribution in [0.25, 0.3) is 0 Å². The van der Waals surface area contributed by atoms with E-state index in [4.69, 9.17) is 11.6 Å². The van der Waals surface area contributed by atoms with Gasteiger partial charge in [0.25, 0.3) is 0 Å². The fourth-order valence-electron chi connectivity index (χ4n) is 3.55. The smallest absolute Gasteiger partial charge is 0.0253 e. The van der Waals surface area contributed by atoms with Crippen molar-refractivity contribution < 1.29 is 0 Å². The van der Waals surface area contributed by atoms with Gasteiger partial charge in [0.1, 0.15) is 0 Å². The Kier molecular flexibility index (Phi) is 5.11. The highest BCUT2D eigenvalue weighted by Crippen LogP contribution is 2.31. The molecule has 1 aliphatic heterocycles. The third-order valence-electron chi connectivity index (χ3n) is 4.48. The topological polar surface area (TPSA) is 15.3 Å². The number of halogens is 1. The molecule has 0 aromatic heterocycles. The standard InChI is InChI=1S/C15H27ClN2/c1-15(2)12-18(10-6-9-16)14(11-17-15)13-7-4-3-5-8-13/h6,9,13-14,17H,3-5,7-8,10-12H2,1-2H3/b9-6+. The van der Waals surface area contributed by atoms with Crippen LogP contribution in [0.15, 0.2) is 11.6 Å². The lowest BCUT2D eigenvalue weighted by molar-refractivity contribution is 0.0576. The second-order valence-corrected chi connectivity index (χ2v) is 6.77. The summed E-state index contributed by atoms with van der Waals surface area (Å²) in [5.41, 5.74) is 1.89. The lowest BCUT2D eigenvalue weighted by Gasteiger charge is -2.48. The van der Waals surface area contributed by atoms with E-state index < -0.39 is 0 Å². The number of piperazine rings is 1. The van der Waals surface area contributed by atoms with Gasteiger partial charge in [0, 0.05) is 36.8 Å². The van der Waals surface area contributed by atoms with Gasteiger partial charge in [0.15, 0.2) is 0 Å². The summed E-state index contributed by atoms with van der Waals surface area (Å²) in [6.07, 6.45) is 9.18. The van der Waals surface area contributed by atoms with Crippen LogP contribution in [0.1, 0.15) is 46.0 Å². The molecule has 0 spiro atoms. The van der Waals surface area contributed by atoms with Crippen molar-refractivity contribution in [3.05, 3.63) is 11.6 Å². The minimum Gasteiger partial charge on any atom is -0.309 e. The van der Waals surface area contributed by atoms with E-state index >= 15 is 0 Å². The molecule has 1 aliphatic carbocycles. The van der Waals surface area contributed by atoms with Crippen LogP contribution in [0.4, 0.5) is 0 Å². The van der Waals surface area contributed by atoms with Crippen molar-refractivity contribution in [2.75, 3.05) is 19.6 Å². The SMILES string of the molecule is CC1(C)CN(C/C=C/Cl)C(C2CCCCC2)CN1. The molecule has 2 nitrogen and oxygen atoms in total. The Morgan fingerprint density at radius 3 is 2.67 bits per heavy atom. The highest BCUT2D eigenvalue weighted by atomic mass is 35.5. The van der Waals surface area contributed by atoms with Crippen molar-refractivity contribution in [3.63, 3.8) is 0 Å². The number of nitrogens with zero attached hydrogens (tertiary/aromatic N) is 1. The van der Waals surface area contributed by atoms with Gasteiger partial charge in [-0.15, -0.1) is 0 Å². The molecule has 104 valence electrons. The summed E-state index contributed by atoms with van der Waals surface area (Å²) >= 11 is 5.70. The lowest BCUT2D eigenvalue weighted by atomic mass is 9.81. The average Bonchev–Trinajstić information content (AvgIpc) is 2.36. The molecule has 1 saturated carbocycles. The van der Waals surface area contributed by atoms with E-state index in [1.807, 2.05) is 0 Å². The first kappa shape index (κ1) is 14.4. The van der Waals surface area contributed by atoms with Crippen molar-refractivity contribution in [1.82, 2.24) is 10.2 Å². The van der Waals surface area contributed by atoms with Gasteiger partial charge < -0.3 is 5.32 Å². The average molecular weight is 271 g/mol. The maximum absolute atomic E-state index is 5.70. The second kappa shape index (κ2) is 6.40. The van der Waals surface area contributed by atoms with Gasteiger partial charge in [-0.1, -0.05) is 36.9 Å². The molecule has 1 unspecified atom stereocenters. The predicted molar refractivity (Wildman–Crippen MR) is 79.0 cm³/mol. The van der Waals surface area contributed by atoms with Crippen LogP contribution in [-0.2, 0) is 0 Å². The molecule has 0 bridgehead atoms. The van der Waals surface area contributed by atoms with Gasteiger partial charge in [-0.3, -0.25) is 4.90 Å². The molecule has 1 saturated heterocycles. The Morgan fingerprint density at radius 2 is 2.00 bits per heavy atom. The summed E-state index contributed by atoms with van der Waals surface area (Å²) in [6.45, 7) is 7.84. The van der Waals surface area contributed by atoms with Crippen molar-refractivity contribution in [1.29, 1.82) is 0 Å². The van der Waals surface area contributed by atoms with Gasteiger partial charge in [0.2, 0.25) is 0 Å². The number of rotatable bonds is 3. The fourth-order valence-corrected chi connectivity index (χ4v) is 3.63. The van der Waals surface area contributed by atoms with Gasteiger partial charge in [0.05, 0.1) is 0 Å². The molecule has 0 aromatic carbocycles. The Morgan fingerprint density at radius 1 is 1.28 bits per heavy atom. The van der Waals surface area contributed by atoms with E-state index in [1.165, 1.54) is 32.1 Å². The van der Waals surface area contributed by atoms with Crippen LogP contribution in [0.3, 0.4) is 0 Å². The fraction of sp³-hybridized carbons (Fsp3) is 0.867. The molecule has 1 N–H and O–H groups in total. The summed E-state index contributed by atoms with van der Waals surface area (Å²) < 4.78 is 0. The first-order valence-electron chi connectivity index (χ1n) is 7.37. The lowest BCUT2D eigenvalue weighted by Crippen LogP contribution is -2.63. The third kappa shape index (κ3) is 3.72. The van der Waals surface area contributed by atoms with E-state index in [1.54, 1.807) is 5.54 Å². The van der Waals surface area contributed by atoms with Crippen molar-refractivity contribution in [3.8, 4) is 0 Å². The van der Waals surface area contributed by atoms with Crippen LogP contribution >= 0.6 is 11.6 Å². The summed E-state index contributed by atoms with van der Waals surface area (Å²) in [5.74, 6) is 0.881. The minimum atomic E-state index is 0.227. The molecular weight excluding hydrogens is 244 g/mol. The van der Waals surface area contributed by atoms with Crippen LogP contribution in [-0.4, -0.2) is 36.1 Å². The largest absolute Gasteiger partial charge is 0.309 e. The second-order valence-electron chi connectivity index (χ2n) is 6.52. The molecule has 1 heterocycles. The van der Waals surface area contributed by atoms with E-state index in [0.717, 1.165) is 25.6 Å². The number of hydrogen-bond donors (Lipinski definition) is 1. The van der Waals surface area contributed by atoms with Crippen LogP contribution in [0.2, 0.25) is 0 Å². The molecule has 1 atom stereocenters. The number of nitrogens with one attached hydrogen (secondary N) is 1. The van der Waals surface area contributed by atoms with E-state index in [-0.39, 0.29) is 5.54 Å². The summed E-state index contributed by atoms with van der Waals surface area (Å²) in [4.78, 5) is 2.63. The molecule has 0 radical (unpaired) electrons. The van der Waals surface area contributed by atoms with E-state index in [0.29, 0.717) is 6.04 Å². The first-order chi connectivity index (χ1) is 8.62. The predicted octanol–water partition coefficient (Wildman–Crippen LogP) is 3.37. The maximum Gasteiger partial charge on any atom is 0.0253 e. The third-order valence-corrected chi connectivity index (χ3v) is 4.66. The quantitative estimate of drug-likeness (QED) is 0.846. The first-order valence-corrected chi connectivity index (χ1v) is 7.80. The van der Waals surface area contributed by atoms with Crippen LogP contribution < -0.4 is 5.32 Å². The van der Waals surface area contributed by atoms with Crippen LogP contribution in [0.5, 0.6) is 0 Å². The highest BCUT2D eigenvalue weighted by Gasteiger charge is 2.36. The van der Waals surface area contributed by atoms with Crippen molar-refractivity contribution in [2.45, 2.75) is 57.5 Å². The Bertz CT molecular complexity index is 282. The van der Waals surface area contributed by atoms with Gasteiger partial charge in [-0.2, -0.15) is 0 Å². The monoisotopic (exact) mass is 270 g/mol. The zero-order valence-corrected chi connectivity index (χ0v) is 12.5. The zero-order chi connectivity index (χ0) is 13.0. The van der Waals surface area contributed by atoms with E-state index in [9.17, 15) is 0 Å². The maximum atomic E-state index is 5.70. The van der Waals surface area contributed by atoms with Gasteiger partial charge in [-0.05, 0) is 32.6 Å². The van der Waals surface area contributed by atoms with Gasteiger partial charge in [-0.25, -0.2) is 0 Å². The zero-order valence-electron chi connectivity index (χ0n) is 11.8. The Balaban J connectivity index is 2.01. The summed E-state index contributed by atoms with van der Waals surface area (Å²) in [5, 5.41) is 3.71. The Hall–Kier alpha value is -0.0500. The summed E-state index contributed by atoms with van der Waals surface area (Å²) in [6, 6.07) is 0.700. The minimum absolute atomic E-state index is 0.227. The van der Waals surface area contributed by atoms with Crippen molar-refractivity contribution >= 4 is 11.6 Å². The highest BCUT2D eigenvalue weighted by molar-refractivity contribution is 6.25. The molecule has 0 aromatic rings. The van der Waals surface area contributed by atoms with Crippen LogP contribution in [0, 0.1) is 5.92 Å². The molecular formula is C15H27ClN2. The molecule has 2 aliphatic rings. The molecule has 0 amide bonds. The normalized spacial score (nSPS) is 30.9. The molecule has 2 fully saturated rings. The molecule has 18 heavy (non-hydrogen) atoms. The molecule has 2 rings (SSSR count). The van der Waals surface area contributed by atoms with Crippen molar-refractivity contribution in [2.24, 2.45) is 5.92 Å².